The van der Waals surface area contributed by atoms with Gasteiger partial charge in [-0.15, -0.1) is 0 Å². The molecule has 1 amide bonds. The van der Waals surface area contributed by atoms with Crippen molar-refractivity contribution < 1.29 is 13.9 Å². The number of carbonyl (C=O) groups excluding carboxylic acids is 1. The molecule has 2 heterocycles. The molecule has 1 aromatic heterocycles. The maximum atomic E-state index is 13.8. The standard InChI is InChI=1S/C35H34FN3O2/c1-41-34-14-8-7-13-33(34)37-19-21-38(22-20-37)35(40)23-30(27-9-3-2-4-10-27)31-25-39(32-12-6-5-11-29(31)32)24-26-15-17-28(36)18-16-26/h2-18,25,30H,19-24H2,1H3. The van der Waals surface area contributed by atoms with Gasteiger partial charge < -0.3 is 19.1 Å². The highest BCUT2D eigenvalue weighted by molar-refractivity contribution is 5.87. The molecule has 6 heteroatoms. The van der Waals surface area contributed by atoms with Gasteiger partial charge in [0, 0.05) is 62.2 Å². The average Bonchev–Trinajstić information content (AvgIpc) is 3.39. The molecule has 1 atom stereocenters. The van der Waals surface area contributed by atoms with Gasteiger partial charge in [-0.2, -0.15) is 0 Å². The molecule has 1 aliphatic rings. The number of para-hydroxylation sites is 3. The van der Waals surface area contributed by atoms with Gasteiger partial charge in [0.2, 0.25) is 5.91 Å². The number of methoxy groups -OCH3 is 1. The van der Waals surface area contributed by atoms with Gasteiger partial charge in [-0.3, -0.25) is 4.79 Å². The Morgan fingerprint density at radius 2 is 1.51 bits per heavy atom. The van der Waals surface area contributed by atoms with E-state index in [2.05, 4.69) is 52.1 Å². The Kier molecular flexibility index (Phi) is 7.72. The molecular formula is C35H34FN3O2. The molecule has 1 saturated heterocycles. The lowest BCUT2D eigenvalue weighted by atomic mass is 9.87. The first-order valence-electron chi connectivity index (χ1n) is 14.1. The minimum absolute atomic E-state index is 0.0877. The van der Waals surface area contributed by atoms with Crippen molar-refractivity contribution in [3.8, 4) is 5.75 Å². The molecule has 1 aliphatic heterocycles. The van der Waals surface area contributed by atoms with Crippen LogP contribution in [0.15, 0.2) is 109 Å². The lowest BCUT2D eigenvalue weighted by molar-refractivity contribution is -0.131. The number of nitrogens with zero attached hydrogens (tertiary/aromatic N) is 3. The van der Waals surface area contributed by atoms with Gasteiger partial charge in [0.05, 0.1) is 12.8 Å². The Morgan fingerprint density at radius 3 is 2.27 bits per heavy atom. The second-order valence-corrected chi connectivity index (χ2v) is 10.6. The minimum Gasteiger partial charge on any atom is -0.495 e. The number of hydrogen-bond donors (Lipinski definition) is 0. The highest BCUT2D eigenvalue weighted by atomic mass is 19.1. The summed E-state index contributed by atoms with van der Waals surface area (Å²) in [6.45, 7) is 3.49. The monoisotopic (exact) mass is 547 g/mol. The van der Waals surface area contributed by atoms with E-state index in [9.17, 15) is 9.18 Å². The number of amides is 1. The molecule has 0 N–H and O–H groups in total. The summed E-state index contributed by atoms with van der Waals surface area (Å²) in [6, 6.07) is 33.4. The molecule has 1 fully saturated rings. The Hall–Kier alpha value is -4.58. The van der Waals surface area contributed by atoms with Crippen LogP contribution in [-0.2, 0) is 11.3 Å². The van der Waals surface area contributed by atoms with E-state index in [0.717, 1.165) is 52.1 Å². The second-order valence-electron chi connectivity index (χ2n) is 10.6. The van der Waals surface area contributed by atoms with Gasteiger partial charge in [0.15, 0.2) is 0 Å². The zero-order chi connectivity index (χ0) is 28.2. The van der Waals surface area contributed by atoms with Crippen LogP contribution in [0, 0.1) is 5.82 Å². The molecule has 0 radical (unpaired) electrons. The van der Waals surface area contributed by atoms with Crippen molar-refractivity contribution in [2.75, 3.05) is 38.2 Å². The van der Waals surface area contributed by atoms with Crippen LogP contribution in [0.5, 0.6) is 5.75 Å². The zero-order valence-electron chi connectivity index (χ0n) is 23.2. The van der Waals surface area contributed by atoms with Gasteiger partial charge in [-0.25, -0.2) is 4.39 Å². The number of benzene rings is 4. The van der Waals surface area contributed by atoms with Crippen LogP contribution in [0.25, 0.3) is 10.9 Å². The highest BCUT2D eigenvalue weighted by Crippen LogP contribution is 2.36. The third-order valence-electron chi connectivity index (χ3n) is 8.10. The number of aromatic nitrogens is 1. The predicted molar refractivity (Wildman–Crippen MR) is 162 cm³/mol. The van der Waals surface area contributed by atoms with Crippen molar-refractivity contribution in [1.82, 2.24) is 9.47 Å². The van der Waals surface area contributed by atoms with Crippen LogP contribution in [0.1, 0.15) is 29.0 Å². The van der Waals surface area contributed by atoms with Crippen molar-refractivity contribution in [3.05, 3.63) is 132 Å². The number of piperazine rings is 1. The molecule has 4 aromatic carbocycles. The lowest BCUT2D eigenvalue weighted by Crippen LogP contribution is -2.49. The fourth-order valence-corrected chi connectivity index (χ4v) is 5.95. The van der Waals surface area contributed by atoms with Crippen molar-refractivity contribution in [2.45, 2.75) is 18.9 Å². The zero-order valence-corrected chi connectivity index (χ0v) is 23.2. The first-order valence-corrected chi connectivity index (χ1v) is 14.1. The van der Waals surface area contributed by atoms with E-state index in [4.69, 9.17) is 4.74 Å². The fourth-order valence-electron chi connectivity index (χ4n) is 5.95. The van der Waals surface area contributed by atoms with Crippen LogP contribution in [0.3, 0.4) is 0 Å². The fraction of sp³-hybridized carbons (Fsp3) is 0.229. The van der Waals surface area contributed by atoms with Gasteiger partial charge in [0.25, 0.3) is 0 Å². The van der Waals surface area contributed by atoms with E-state index < -0.39 is 0 Å². The van der Waals surface area contributed by atoms with Crippen LogP contribution >= 0.6 is 0 Å². The molecule has 41 heavy (non-hydrogen) atoms. The smallest absolute Gasteiger partial charge is 0.223 e. The summed E-state index contributed by atoms with van der Waals surface area (Å²) in [5.74, 6) is 0.691. The third-order valence-corrected chi connectivity index (χ3v) is 8.10. The Morgan fingerprint density at radius 1 is 0.829 bits per heavy atom. The van der Waals surface area contributed by atoms with Crippen molar-refractivity contribution in [3.63, 3.8) is 0 Å². The number of carbonyl (C=O) groups is 1. The Balaban J connectivity index is 1.26. The van der Waals surface area contributed by atoms with Crippen LogP contribution in [-0.4, -0.2) is 48.7 Å². The molecule has 208 valence electrons. The van der Waals surface area contributed by atoms with Crippen LogP contribution < -0.4 is 9.64 Å². The van der Waals surface area contributed by atoms with Gasteiger partial charge in [-0.05, 0) is 47.0 Å². The molecule has 5 nitrogen and oxygen atoms in total. The van der Waals surface area contributed by atoms with E-state index in [1.165, 1.54) is 12.1 Å². The third kappa shape index (κ3) is 5.68. The first-order chi connectivity index (χ1) is 20.1. The molecule has 1 unspecified atom stereocenters. The number of rotatable bonds is 8. The lowest BCUT2D eigenvalue weighted by Gasteiger charge is -2.37. The molecule has 5 aromatic rings. The van der Waals surface area contributed by atoms with Gasteiger partial charge >= 0.3 is 0 Å². The minimum atomic E-state index is -0.238. The molecule has 0 spiro atoms. The summed E-state index contributed by atoms with van der Waals surface area (Å²) >= 11 is 0. The van der Waals surface area contributed by atoms with E-state index in [0.29, 0.717) is 26.1 Å². The van der Waals surface area contributed by atoms with E-state index in [1.54, 1.807) is 7.11 Å². The van der Waals surface area contributed by atoms with Gasteiger partial charge in [0.1, 0.15) is 11.6 Å². The number of fused-ring (bicyclic) bond motifs is 1. The van der Waals surface area contributed by atoms with E-state index >= 15 is 0 Å². The van der Waals surface area contributed by atoms with E-state index in [-0.39, 0.29) is 17.6 Å². The van der Waals surface area contributed by atoms with Crippen LogP contribution in [0.4, 0.5) is 10.1 Å². The average molecular weight is 548 g/mol. The summed E-state index contributed by atoms with van der Waals surface area (Å²) in [5, 5.41) is 1.14. The summed E-state index contributed by atoms with van der Waals surface area (Å²) in [4.78, 5) is 18.1. The highest BCUT2D eigenvalue weighted by Gasteiger charge is 2.28. The summed E-state index contributed by atoms with van der Waals surface area (Å²) in [6.07, 6.45) is 2.57. The first kappa shape index (κ1) is 26.6. The second kappa shape index (κ2) is 11.9. The van der Waals surface area contributed by atoms with Gasteiger partial charge in [-0.1, -0.05) is 72.8 Å². The normalized spacial score (nSPS) is 14.3. The van der Waals surface area contributed by atoms with Crippen molar-refractivity contribution >= 4 is 22.5 Å². The number of halogens is 1. The summed E-state index contributed by atoms with van der Waals surface area (Å²) in [7, 11) is 1.69. The molecular weight excluding hydrogens is 513 g/mol. The maximum Gasteiger partial charge on any atom is 0.223 e. The SMILES string of the molecule is COc1ccccc1N1CCN(C(=O)CC(c2ccccc2)c2cn(Cc3ccc(F)cc3)c3ccccc23)CC1. The topological polar surface area (TPSA) is 37.7 Å². The maximum absolute atomic E-state index is 13.8. The number of ether oxygens (including phenoxy) is 1. The summed E-state index contributed by atoms with van der Waals surface area (Å²) < 4.78 is 21.3. The molecule has 0 aliphatic carbocycles. The van der Waals surface area contributed by atoms with E-state index in [1.807, 2.05) is 59.5 Å². The molecule has 6 rings (SSSR count). The quantitative estimate of drug-likeness (QED) is 0.217. The molecule has 0 bridgehead atoms. The van der Waals surface area contributed by atoms with Crippen molar-refractivity contribution in [1.29, 1.82) is 0 Å². The van der Waals surface area contributed by atoms with Crippen LogP contribution in [0.2, 0.25) is 0 Å². The Bertz CT molecular complexity index is 1620. The molecule has 0 saturated carbocycles. The Labute approximate surface area is 240 Å². The number of hydrogen-bond acceptors (Lipinski definition) is 3. The summed E-state index contributed by atoms with van der Waals surface area (Å²) in [5.41, 5.74) is 5.45. The largest absolute Gasteiger partial charge is 0.495 e. The predicted octanol–water partition coefficient (Wildman–Crippen LogP) is 6.71. The van der Waals surface area contributed by atoms with Crippen molar-refractivity contribution in [2.24, 2.45) is 0 Å². The number of anilines is 1.